The summed E-state index contributed by atoms with van der Waals surface area (Å²) in [6.45, 7) is 8.98. The first kappa shape index (κ1) is 10.7. The molecule has 0 unspecified atom stereocenters. The van der Waals surface area contributed by atoms with Gasteiger partial charge in [0.25, 0.3) is 0 Å². The van der Waals surface area contributed by atoms with E-state index in [-0.39, 0.29) is 0 Å². The Bertz CT molecular complexity index is 451. The highest BCUT2D eigenvalue weighted by Crippen LogP contribution is 2.25. The van der Waals surface area contributed by atoms with Crippen LogP contribution in [0.15, 0.2) is 11.6 Å². The minimum absolute atomic E-state index is 0.545. The van der Waals surface area contributed by atoms with Crippen molar-refractivity contribution >= 4 is 16.3 Å². The van der Waals surface area contributed by atoms with Gasteiger partial charge in [-0.1, -0.05) is 27.7 Å². The fourth-order valence-electron chi connectivity index (χ4n) is 2.00. The summed E-state index contributed by atoms with van der Waals surface area (Å²) in [7, 11) is 0. The molecule has 0 saturated heterocycles. The van der Waals surface area contributed by atoms with E-state index >= 15 is 0 Å². The fourth-order valence-corrected chi connectivity index (χ4v) is 2.74. The van der Waals surface area contributed by atoms with Gasteiger partial charge >= 0.3 is 0 Å². The molecule has 0 atom stereocenters. The van der Waals surface area contributed by atoms with Gasteiger partial charge in [-0.3, -0.25) is 4.40 Å². The van der Waals surface area contributed by atoms with Gasteiger partial charge in [0.1, 0.15) is 0 Å². The van der Waals surface area contributed by atoms with Gasteiger partial charge < -0.3 is 0 Å². The highest BCUT2D eigenvalue weighted by Gasteiger charge is 2.16. The normalized spacial score (nSPS) is 12.1. The van der Waals surface area contributed by atoms with Gasteiger partial charge in [-0.05, 0) is 18.3 Å². The van der Waals surface area contributed by atoms with Crippen molar-refractivity contribution in [2.45, 2.75) is 40.0 Å². The number of hydrogen-bond donors (Lipinski definition) is 0. The van der Waals surface area contributed by atoms with Crippen LogP contribution in [0.4, 0.5) is 0 Å². The van der Waals surface area contributed by atoms with Crippen molar-refractivity contribution in [3.05, 3.63) is 23.0 Å². The van der Waals surface area contributed by atoms with Crippen LogP contribution in [0, 0.1) is 5.92 Å². The summed E-state index contributed by atoms with van der Waals surface area (Å²) in [5.41, 5.74) is 2.67. The molecule has 0 fully saturated rings. The molecule has 3 heteroatoms. The molecule has 0 amide bonds. The van der Waals surface area contributed by atoms with Crippen LogP contribution in [0.25, 0.3) is 4.96 Å². The minimum Gasteiger partial charge on any atom is -0.294 e. The second kappa shape index (κ2) is 3.97. The van der Waals surface area contributed by atoms with E-state index < -0.39 is 0 Å². The van der Waals surface area contributed by atoms with Gasteiger partial charge in [0.15, 0.2) is 4.96 Å². The summed E-state index contributed by atoms with van der Waals surface area (Å²) in [5.74, 6) is 1.22. The molecule has 0 aromatic carbocycles. The Morgan fingerprint density at radius 1 is 1.33 bits per heavy atom. The van der Waals surface area contributed by atoms with Crippen molar-refractivity contribution < 1.29 is 0 Å². The van der Waals surface area contributed by atoms with Crippen molar-refractivity contribution in [1.82, 2.24) is 9.38 Å². The first-order valence-electron chi connectivity index (χ1n) is 5.54. The fraction of sp³-hybridized carbons (Fsp3) is 0.583. The molecule has 2 aromatic heterocycles. The van der Waals surface area contributed by atoms with Gasteiger partial charge in [-0.15, -0.1) is 11.3 Å². The maximum atomic E-state index is 4.72. The topological polar surface area (TPSA) is 17.3 Å². The molecule has 0 aliphatic carbocycles. The molecule has 2 rings (SSSR count). The number of hydrogen-bond acceptors (Lipinski definition) is 2. The Morgan fingerprint density at radius 2 is 2.07 bits per heavy atom. The molecule has 0 aliphatic rings. The lowest BCUT2D eigenvalue weighted by molar-refractivity contribution is 0.626. The number of imidazole rings is 1. The average molecular weight is 222 g/mol. The van der Waals surface area contributed by atoms with Crippen LogP contribution >= 0.6 is 11.3 Å². The van der Waals surface area contributed by atoms with Gasteiger partial charge in [-0.25, -0.2) is 4.98 Å². The smallest absolute Gasteiger partial charge is 0.194 e. The lowest BCUT2D eigenvalue weighted by Gasteiger charge is -2.08. The Hall–Kier alpha value is -0.830. The maximum Gasteiger partial charge on any atom is 0.194 e. The third-order valence-corrected chi connectivity index (χ3v) is 3.28. The largest absolute Gasteiger partial charge is 0.294 e. The zero-order valence-electron chi connectivity index (χ0n) is 9.82. The van der Waals surface area contributed by atoms with Crippen molar-refractivity contribution in [2.75, 3.05) is 0 Å². The van der Waals surface area contributed by atoms with Crippen molar-refractivity contribution in [3.8, 4) is 0 Å². The Kier molecular flexibility index (Phi) is 2.83. The quantitative estimate of drug-likeness (QED) is 0.773. The number of fused-ring (bicyclic) bond motifs is 1. The van der Waals surface area contributed by atoms with E-state index in [0.717, 1.165) is 11.4 Å². The second-order valence-electron chi connectivity index (χ2n) is 4.75. The summed E-state index contributed by atoms with van der Waals surface area (Å²) >= 11 is 1.72. The van der Waals surface area contributed by atoms with Crippen LogP contribution in [0.1, 0.15) is 45.0 Å². The lowest BCUT2D eigenvalue weighted by Crippen LogP contribution is -2.02. The SMILES string of the molecule is CC(C)Cc1nc2sccn2c1C(C)C. The van der Waals surface area contributed by atoms with Crippen LogP contribution in [-0.2, 0) is 6.42 Å². The van der Waals surface area contributed by atoms with Crippen molar-refractivity contribution in [3.63, 3.8) is 0 Å². The van der Waals surface area contributed by atoms with Gasteiger partial charge in [0.2, 0.25) is 0 Å². The molecular weight excluding hydrogens is 204 g/mol. The van der Waals surface area contributed by atoms with E-state index in [4.69, 9.17) is 4.98 Å². The van der Waals surface area contributed by atoms with Crippen molar-refractivity contribution in [2.24, 2.45) is 5.92 Å². The van der Waals surface area contributed by atoms with E-state index in [2.05, 4.69) is 43.7 Å². The third kappa shape index (κ3) is 1.93. The maximum absolute atomic E-state index is 4.72. The second-order valence-corrected chi connectivity index (χ2v) is 5.63. The summed E-state index contributed by atoms with van der Waals surface area (Å²) in [6, 6.07) is 0. The van der Waals surface area contributed by atoms with E-state index in [0.29, 0.717) is 11.8 Å². The average Bonchev–Trinajstić information content (AvgIpc) is 2.60. The predicted octanol–water partition coefficient (Wildman–Crippen LogP) is 3.72. The first-order chi connectivity index (χ1) is 7.09. The Balaban J connectivity index is 2.52. The molecule has 0 bridgehead atoms. The molecule has 0 N–H and O–H groups in total. The molecule has 0 radical (unpaired) electrons. The molecule has 2 aromatic rings. The van der Waals surface area contributed by atoms with E-state index in [1.54, 1.807) is 11.3 Å². The van der Waals surface area contributed by atoms with Crippen LogP contribution in [0.5, 0.6) is 0 Å². The Labute approximate surface area is 95.0 Å². The zero-order chi connectivity index (χ0) is 11.0. The Morgan fingerprint density at radius 3 is 2.67 bits per heavy atom. The third-order valence-electron chi connectivity index (χ3n) is 2.52. The van der Waals surface area contributed by atoms with Gasteiger partial charge in [0, 0.05) is 17.3 Å². The molecule has 0 spiro atoms. The van der Waals surface area contributed by atoms with E-state index in [1.165, 1.54) is 11.4 Å². The van der Waals surface area contributed by atoms with E-state index in [9.17, 15) is 0 Å². The predicted molar refractivity (Wildman–Crippen MR) is 65.7 cm³/mol. The lowest BCUT2D eigenvalue weighted by atomic mass is 10.0. The first-order valence-corrected chi connectivity index (χ1v) is 6.42. The number of aromatic nitrogens is 2. The standard InChI is InChI=1S/C12H18N2S/c1-8(2)7-10-11(9(3)4)14-5-6-15-12(14)13-10/h5-6,8-9H,7H2,1-4H3. The van der Waals surface area contributed by atoms with Crippen LogP contribution in [0.2, 0.25) is 0 Å². The number of nitrogens with zero attached hydrogens (tertiary/aromatic N) is 2. The van der Waals surface area contributed by atoms with E-state index in [1.807, 2.05) is 0 Å². The number of rotatable bonds is 3. The number of thiazole rings is 1. The molecule has 15 heavy (non-hydrogen) atoms. The van der Waals surface area contributed by atoms with Crippen molar-refractivity contribution in [1.29, 1.82) is 0 Å². The van der Waals surface area contributed by atoms with Gasteiger partial charge in [-0.2, -0.15) is 0 Å². The molecule has 0 saturated carbocycles. The van der Waals surface area contributed by atoms with Crippen LogP contribution < -0.4 is 0 Å². The monoisotopic (exact) mass is 222 g/mol. The molecule has 0 aliphatic heterocycles. The zero-order valence-corrected chi connectivity index (χ0v) is 10.6. The molecule has 2 heterocycles. The van der Waals surface area contributed by atoms with Gasteiger partial charge in [0.05, 0.1) is 5.69 Å². The summed E-state index contributed by atoms with van der Waals surface area (Å²) < 4.78 is 2.24. The summed E-state index contributed by atoms with van der Waals surface area (Å²) in [4.78, 5) is 5.85. The molecule has 2 nitrogen and oxygen atoms in total. The van der Waals surface area contributed by atoms with Crippen LogP contribution in [-0.4, -0.2) is 9.38 Å². The highest BCUT2D eigenvalue weighted by atomic mass is 32.1. The molecule has 82 valence electrons. The summed E-state index contributed by atoms with van der Waals surface area (Å²) in [6.07, 6.45) is 3.22. The highest BCUT2D eigenvalue weighted by molar-refractivity contribution is 7.15. The minimum atomic E-state index is 0.545. The molecular formula is C12H18N2S. The summed E-state index contributed by atoms with van der Waals surface area (Å²) in [5, 5.41) is 2.10. The van der Waals surface area contributed by atoms with Crippen LogP contribution in [0.3, 0.4) is 0 Å².